The van der Waals surface area contributed by atoms with Crippen LogP contribution in [0.1, 0.15) is 25.0 Å². The van der Waals surface area contributed by atoms with E-state index in [1.54, 1.807) is 6.33 Å². The van der Waals surface area contributed by atoms with Crippen LogP contribution in [0.2, 0.25) is 0 Å². The number of hydrogen-bond acceptors (Lipinski definition) is 3. The maximum atomic E-state index is 5.87. The molecule has 0 N–H and O–H groups in total. The third kappa shape index (κ3) is 3.65. The number of aryl methyl sites for hydroxylation is 1. The second kappa shape index (κ2) is 6.86. The molecule has 23 heavy (non-hydrogen) atoms. The van der Waals surface area contributed by atoms with Crippen LogP contribution in [0.25, 0.3) is 11.0 Å². The molecule has 0 atom stereocenters. The molecule has 0 spiro atoms. The van der Waals surface area contributed by atoms with Crippen LogP contribution in [-0.2, 0) is 6.54 Å². The summed E-state index contributed by atoms with van der Waals surface area (Å²) in [5, 5.41) is 1.00. The lowest BCUT2D eigenvalue weighted by atomic mass is 10.1. The van der Waals surface area contributed by atoms with E-state index in [0.717, 1.165) is 21.1 Å². The molecule has 0 aliphatic heterocycles. The molecule has 2 aromatic heterocycles. The van der Waals surface area contributed by atoms with Crippen LogP contribution in [0.4, 0.5) is 0 Å². The zero-order valence-corrected chi connectivity index (χ0v) is 15.7. The Morgan fingerprint density at radius 2 is 1.91 bits per heavy atom. The number of fused-ring (bicyclic) bond motifs is 1. The molecule has 1 aromatic carbocycles. The molecule has 0 saturated carbocycles. The largest absolute Gasteiger partial charge is 0.477 e. The highest BCUT2D eigenvalue weighted by Gasteiger charge is 2.15. The second-order valence-electron chi connectivity index (χ2n) is 6.17. The first-order valence-electron chi connectivity index (χ1n) is 7.72. The minimum atomic E-state index is 0.465. The highest BCUT2D eigenvalue weighted by Crippen LogP contribution is 2.29. The SMILES string of the molecule is Cc1ccc(Cn2cc(I)c3c(OCC(C)C)ncnc32)cc1. The number of rotatable bonds is 5. The molecule has 0 bridgehead atoms. The van der Waals surface area contributed by atoms with Crippen molar-refractivity contribution < 1.29 is 4.74 Å². The third-order valence-corrected chi connectivity index (χ3v) is 4.42. The molecule has 2 heterocycles. The summed E-state index contributed by atoms with van der Waals surface area (Å²) in [5.74, 6) is 1.14. The first kappa shape index (κ1) is 16.2. The Morgan fingerprint density at radius 1 is 1.17 bits per heavy atom. The van der Waals surface area contributed by atoms with Gasteiger partial charge in [-0.25, -0.2) is 9.97 Å². The van der Waals surface area contributed by atoms with Crippen molar-refractivity contribution in [2.24, 2.45) is 5.92 Å². The Bertz CT molecular complexity index is 809. The fraction of sp³-hybridized carbons (Fsp3) is 0.333. The van der Waals surface area contributed by atoms with E-state index in [1.807, 2.05) is 0 Å². The standard InChI is InChI=1S/C18H20IN3O/c1-12(2)10-23-18-16-15(19)9-22(17(16)20-11-21-18)8-14-6-4-13(3)5-7-14/h4-7,9,11-12H,8,10H2,1-3H3. The Kier molecular flexibility index (Phi) is 4.84. The van der Waals surface area contributed by atoms with Crippen molar-refractivity contribution in [3.05, 3.63) is 51.5 Å². The summed E-state index contributed by atoms with van der Waals surface area (Å²) < 4.78 is 9.14. The average molecular weight is 421 g/mol. The van der Waals surface area contributed by atoms with Crippen LogP contribution < -0.4 is 4.74 Å². The van der Waals surface area contributed by atoms with E-state index < -0.39 is 0 Å². The molecule has 0 radical (unpaired) electrons. The molecule has 4 nitrogen and oxygen atoms in total. The zero-order chi connectivity index (χ0) is 16.4. The van der Waals surface area contributed by atoms with Gasteiger partial charge in [0.25, 0.3) is 0 Å². The Balaban J connectivity index is 1.96. The quantitative estimate of drug-likeness (QED) is 0.573. The maximum Gasteiger partial charge on any atom is 0.227 e. The highest BCUT2D eigenvalue weighted by molar-refractivity contribution is 14.1. The van der Waals surface area contributed by atoms with Crippen LogP contribution in [0, 0.1) is 16.4 Å². The predicted molar refractivity (Wildman–Crippen MR) is 101 cm³/mol. The Hall–Kier alpha value is -1.63. The number of benzene rings is 1. The van der Waals surface area contributed by atoms with Crippen molar-refractivity contribution in [3.63, 3.8) is 0 Å². The molecule has 0 fully saturated rings. The molecule has 3 aromatic rings. The molecule has 5 heteroatoms. The van der Waals surface area contributed by atoms with E-state index >= 15 is 0 Å². The van der Waals surface area contributed by atoms with Crippen molar-refractivity contribution in [2.75, 3.05) is 6.61 Å². The number of nitrogens with zero attached hydrogens (tertiary/aromatic N) is 3. The predicted octanol–water partition coefficient (Wildman–Crippen LogP) is 4.43. The molecule has 0 amide bonds. The zero-order valence-electron chi connectivity index (χ0n) is 13.6. The number of hydrogen-bond donors (Lipinski definition) is 0. The summed E-state index contributed by atoms with van der Waals surface area (Å²) in [6, 6.07) is 8.59. The van der Waals surface area contributed by atoms with Gasteiger partial charge in [-0.05, 0) is 41.0 Å². The number of halogens is 1. The summed E-state index contributed by atoms with van der Waals surface area (Å²) >= 11 is 2.33. The fourth-order valence-corrected chi connectivity index (χ4v) is 3.22. The average Bonchev–Trinajstić information content (AvgIpc) is 2.84. The summed E-state index contributed by atoms with van der Waals surface area (Å²) in [4.78, 5) is 8.79. The summed E-state index contributed by atoms with van der Waals surface area (Å²) in [6.45, 7) is 7.81. The lowest BCUT2D eigenvalue weighted by Crippen LogP contribution is -2.06. The monoisotopic (exact) mass is 421 g/mol. The van der Waals surface area contributed by atoms with Crippen molar-refractivity contribution in [1.29, 1.82) is 0 Å². The van der Waals surface area contributed by atoms with Crippen molar-refractivity contribution >= 4 is 33.6 Å². The van der Waals surface area contributed by atoms with E-state index in [1.165, 1.54) is 11.1 Å². The van der Waals surface area contributed by atoms with Crippen LogP contribution >= 0.6 is 22.6 Å². The van der Waals surface area contributed by atoms with E-state index in [9.17, 15) is 0 Å². The summed E-state index contributed by atoms with van der Waals surface area (Å²) in [5.41, 5.74) is 3.45. The van der Waals surface area contributed by atoms with Gasteiger partial charge >= 0.3 is 0 Å². The minimum Gasteiger partial charge on any atom is -0.477 e. The van der Waals surface area contributed by atoms with Crippen LogP contribution in [0.15, 0.2) is 36.8 Å². The highest BCUT2D eigenvalue weighted by atomic mass is 127. The van der Waals surface area contributed by atoms with Gasteiger partial charge in [0.15, 0.2) is 0 Å². The lowest BCUT2D eigenvalue weighted by molar-refractivity contribution is 0.264. The minimum absolute atomic E-state index is 0.465. The Morgan fingerprint density at radius 3 is 2.61 bits per heavy atom. The van der Waals surface area contributed by atoms with Gasteiger partial charge in [0, 0.05) is 16.3 Å². The first-order valence-corrected chi connectivity index (χ1v) is 8.80. The van der Waals surface area contributed by atoms with Crippen molar-refractivity contribution in [3.8, 4) is 5.88 Å². The summed E-state index contributed by atoms with van der Waals surface area (Å²) in [6.07, 6.45) is 3.70. The number of aromatic nitrogens is 3. The molecule has 0 aliphatic carbocycles. The molecule has 0 unspecified atom stereocenters. The topological polar surface area (TPSA) is 39.9 Å². The van der Waals surface area contributed by atoms with Crippen LogP contribution in [0.5, 0.6) is 5.88 Å². The smallest absolute Gasteiger partial charge is 0.227 e. The molecule has 120 valence electrons. The normalized spacial score (nSPS) is 11.3. The van der Waals surface area contributed by atoms with Gasteiger partial charge in [-0.15, -0.1) is 0 Å². The molecule has 0 aliphatic rings. The molecule has 3 rings (SSSR count). The second-order valence-corrected chi connectivity index (χ2v) is 7.34. The van der Waals surface area contributed by atoms with Gasteiger partial charge in [0.1, 0.15) is 12.0 Å². The summed E-state index contributed by atoms with van der Waals surface area (Å²) in [7, 11) is 0. The van der Waals surface area contributed by atoms with E-state index in [4.69, 9.17) is 4.74 Å². The lowest BCUT2D eigenvalue weighted by Gasteiger charge is -2.09. The van der Waals surface area contributed by atoms with Gasteiger partial charge in [-0.3, -0.25) is 0 Å². The van der Waals surface area contributed by atoms with Gasteiger partial charge < -0.3 is 9.30 Å². The van der Waals surface area contributed by atoms with E-state index in [0.29, 0.717) is 18.4 Å². The van der Waals surface area contributed by atoms with Gasteiger partial charge in [0.2, 0.25) is 5.88 Å². The van der Waals surface area contributed by atoms with Crippen LogP contribution in [-0.4, -0.2) is 21.1 Å². The maximum absolute atomic E-state index is 5.87. The van der Waals surface area contributed by atoms with Crippen molar-refractivity contribution in [2.45, 2.75) is 27.3 Å². The van der Waals surface area contributed by atoms with E-state index in [2.05, 4.69) is 88.4 Å². The Labute approximate surface area is 150 Å². The number of ether oxygens (including phenoxy) is 1. The van der Waals surface area contributed by atoms with Gasteiger partial charge in [-0.1, -0.05) is 43.7 Å². The molecule has 0 saturated heterocycles. The fourth-order valence-electron chi connectivity index (χ4n) is 2.42. The van der Waals surface area contributed by atoms with Gasteiger partial charge in [0.05, 0.1) is 12.0 Å². The van der Waals surface area contributed by atoms with Crippen molar-refractivity contribution in [1.82, 2.24) is 14.5 Å². The third-order valence-electron chi connectivity index (χ3n) is 3.60. The first-order chi connectivity index (χ1) is 11.0. The molecular formula is C18H20IN3O. The molecular weight excluding hydrogens is 401 g/mol. The van der Waals surface area contributed by atoms with Crippen LogP contribution in [0.3, 0.4) is 0 Å². The van der Waals surface area contributed by atoms with Gasteiger partial charge in [-0.2, -0.15) is 0 Å². The van der Waals surface area contributed by atoms with E-state index in [-0.39, 0.29) is 0 Å².